The lowest BCUT2D eigenvalue weighted by Gasteiger charge is -2.09. The molecule has 100 valence electrons. The van der Waals surface area contributed by atoms with Crippen molar-refractivity contribution in [3.63, 3.8) is 0 Å². The highest BCUT2D eigenvalue weighted by Gasteiger charge is 2.19. The number of H-pyrrole nitrogens is 1. The maximum atomic E-state index is 11.5. The van der Waals surface area contributed by atoms with E-state index in [1.807, 2.05) is 12.2 Å². The number of rotatable bonds is 5. The van der Waals surface area contributed by atoms with Crippen molar-refractivity contribution in [2.45, 2.75) is 37.2 Å². The molecule has 0 fully saturated rings. The Kier molecular flexibility index (Phi) is 4.95. The van der Waals surface area contributed by atoms with Gasteiger partial charge in [-0.3, -0.25) is 14.7 Å². The summed E-state index contributed by atoms with van der Waals surface area (Å²) in [7, 11) is 0. The molecule has 0 aliphatic heterocycles. The average Bonchev–Trinajstić information content (AvgIpc) is 2.61. The van der Waals surface area contributed by atoms with Crippen LogP contribution < -0.4 is 16.7 Å². The number of carbonyl (C=O) groups is 2. The molecule has 0 radical (unpaired) electrons. The summed E-state index contributed by atoms with van der Waals surface area (Å²) in [4.78, 5) is 33.4. The summed E-state index contributed by atoms with van der Waals surface area (Å²) in [6.45, 7) is 4.04. The van der Waals surface area contributed by atoms with E-state index in [1.165, 1.54) is 4.57 Å². The maximum absolute atomic E-state index is 11.5. The first-order chi connectivity index (χ1) is 8.45. The Bertz CT molecular complexity index is 495. The van der Waals surface area contributed by atoms with Crippen molar-refractivity contribution in [1.29, 1.82) is 0 Å². The van der Waals surface area contributed by atoms with Gasteiger partial charge in [0.2, 0.25) is 5.91 Å². The lowest BCUT2D eigenvalue weighted by molar-refractivity contribution is -0.119. The highest BCUT2D eigenvalue weighted by atomic mass is 32.2. The predicted molar refractivity (Wildman–Crippen MR) is 66.2 cm³/mol. The number of urea groups is 1. The molecule has 0 bridgehead atoms. The lowest BCUT2D eigenvalue weighted by Crippen LogP contribution is -2.39. The van der Waals surface area contributed by atoms with Crippen LogP contribution in [0.4, 0.5) is 4.79 Å². The minimum absolute atomic E-state index is 0.318. The fourth-order valence-corrected chi connectivity index (χ4v) is 2.13. The quantitative estimate of drug-likeness (QED) is 0.633. The minimum atomic E-state index is -0.902. The van der Waals surface area contributed by atoms with Crippen molar-refractivity contribution in [2.75, 3.05) is 0 Å². The van der Waals surface area contributed by atoms with Gasteiger partial charge in [0.15, 0.2) is 5.16 Å². The van der Waals surface area contributed by atoms with Gasteiger partial charge in [0, 0.05) is 6.54 Å². The highest BCUT2D eigenvalue weighted by Crippen LogP contribution is 2.19. The molecule has 3 amide bonds. The second-order valence-corrected chi connectivity index (χ2v) is 4.88. The molecule has 9 heteroatoms. The van der Waals surface area contributed by atoms with Crippen LogP contribution in [0.3, 0.4) is 0 Å². The molecule has 8 nitrogen and oxygen atoms in total. The van der Waals surface area contributed by atoms with Crippen LogP contribution in [0, 0.1) is 0 Å². The summed E-state index contributed by atoms with van der Waals surface area (Å²) in [5.74, 6) is -0.522. The molecule has 0 aliphatic carbocycles. The zero-order valence-electron chi connectivity index (χ0n) is 10.1. The summed E-state index contributed by atoms with van der Waals surface area (Å²) in [5.41, 5.74) is 4.53. The first-order valence-electron chi connectivity index (χ1n) is 5.37. The Labute approximate surface area is 107 Å². The third-order valence-electron chi connectivity index (χ3n) is 2.07. The molecule has 4 N–H and O–H groups in total. The number of imide groups is 1. The first-order valence-corrected chi connectivity index (χ1v) is 6.25. The van der Waals surface area contributed by atoms with Gasteiger partial charge in [-0.2, -0.15) is 0 Å². The third-order valence-corrected chi connectivity index (χ3v) is 3.16. The molecule has 1 atom stereocenters. The van der Waals surface area contributed by atoms with Gasteiger partial charge in [0.1, 0.15) is 0 Å². The van der Waals surface area contributed by atoms with Gasteiger partial charge in [0.25, 0.3) is 0 Å². The summed E-state index contributed by atoms with van der Waals surface area (Å²) >= 11 is 1.08. The van der Waals surface area contributed by atoms with Crippen LogP contribution >= 0.6 is 11.8 Å². The van der Waals surface area contributed by atoms with Crippen LogP contribution in [0.5, 0.6) is 0 Å². The van der Waals surface area contributed by atoms with Crippen LogP contribution in [0.15, 0.2) is 9.95 Å². The standard InChI is InChI=1S/C9H15N5O3S/c1-3-4-14-8(17)12-13-9(14)18-5(2)6(15)11-7(10)16/h5H,3-4H2,1-2H3,(H,12,17)(H3,10,11,15,16)/t5-/m1/s1. The van der Waals surface area contributed by atoms with E-state index in [9.17, 15) is 14.4 Å². The molecule has 18 heavy (non-hydrogen) atoms. The topological polar surface area (TPSA) is 123 Å². The third kappa shape index (κ3) is 3.62. The SMILES string of the molecule is CCCn1c(S[C@H](C)C(=O)NC(N)=O)n[nH]c1=O. The number of nitrogens with two attached hydrogens (primary N) is 1. The average molecular weight is 273 g/mol. The highest BCUT2D eigenvalue weighted by molar-refractivity contribution is 8.00. The molecule has 1 heterocycles. The number of thioether (sulfide) groups is 1. The largest absolute Gasteiger partial charge is 0.351 e. The molecular formula is C9H15N5O3S. The summed E-state index contributed by atoms with van der Waals surface area (Å²) in [6, 6.07) is -0.902. The Morgan fingerprint density at radius 3 is 2.83 bits per heavy atom. The lowest BCUT2D eigenvalue weighted by atomic mass is 10.4. The number of hydrogen-bond donors (Lipinski definition) is 3. The zero-order chi connectivity index (χ0) is 13.7. The smallest absolute Gasteiger partial charge is 0.343 e. The van der Waals surface area contributed by atoms with Crippen LogP contribution in [0.25, 0.3) is 0 Å². The maximum Gasteiger partial charge on any atom is 0.343 e. The van der Waals surface area contributed by atoms with Crippen LogP contribution in [-0.4, -0.2) is 32.0 Å². The fourth-order valence-electron chi connectivity index (χ4n) is 1.25. The number of aromatic nitrogens is 3. The van der Waals surface area contributed by atoms with Gasteiger partial charge in [-0.15, -0.1) is 5.10 Å². The van der Waals surface area contributed by atoms with E-state index in [4.69, 9.17) is 5.73 Å². The summed E-state index contributed by atoms with van der Waals surface area (Å²) < 4.78 is 1.44. The number of amides is 3. The minimum Gasteiger partial charge on any atom is -0.351 e. The van der Waals surface area contributed by atoms with Gasteiger partial charge in [-0.25, -0.2) is 14.7 Å². The zero-order valence-corrected chi connectivity index (χ0v) is 10.9. The monoisotopic (exact) mass is 273 g/mol. The second kappa shape index (κ2) is 6.24. The molecule has 1 aromatic heterocycles. The Morgan fingerprint density at radius 1 is 1.61 bits per heavy atom. The number of primary amides is 1. The fraction of sp³-hybridized carbons (Fsp3) is 0.556. The number of nitrogens with one attached hydrogen (secondary N) is 2. The van der Waals surface area contributed by atoms with Crippen molar-refractivity contribution in [3.05, 3.63) is 10.5 Å². The molecule has 0 saturated carbocycles. The number of hydrogen-bond acceptors (Lipinski definition) is 5. The second-order valence-electron chi connectivity index (χ2n) is 3.58. The van der Waals surface area contributed by atoms with E-state index in [0.717, 1.165) is 18.2 Å². The molecule has 0 saturated heterocycles. The van der Waals surface area contributed by atoms with E-state index in [2.05, 4.69) is 10.2 Å². The first kappa shape index (κ1) is 14.3. The van der Waals surface area contributed by atoms with E-state index in [0.29, 0.717) is 11.7 Å². The Balaban J connectivity index is 2.75. The van der Waals surface area contributed by atoms with Crippen molar-refractivity contribution >= 4 is 23.7 Å². The number of aromatic amines is 1. The number of carbonyl (C=O) groups excluding carboxylic acids is 2. The van der Waals surface area contributed by atoms with Gasteiger partial charge >= 0.3 is 11.7 Å². The molecule has 1 rings (SSSR count). The van der Waals surface area contributed by atoms with Gasteiger partial charge in [0.05, 0.1) is 5.25 Å². The van der Waals surface area contributed by atoms with Gasteiger partial charge in [-0.1, -0.05) is 18.7 Å². The van der Waals surface area contributed by atoms with E-state index in [1.54, 1.807) is 6.92 Å². The predicted octanol–water partition coefficient (Wildman–Crippen LogP) is -0.343. The Morgan fingerprint density at radius 2 is 2.28 bits per heavy atom. The van der Waals surface area contributed by atoms with Crippen molar-refractivity contribution in [2.24, 2.45) is 5.73 Å². The molecule has 0 aliphatic rings. The van der Waals surface area contributed by atoms with Gasteiger partial charge < -0.3 is 5.73 Å². The van der Waals surface area contributed by atoms with Crippen molar-refractivity contribution in [1.82, 2.24) is 20.1 Å². The molecule has 0 aromatic carbocycles. The summed E-state index contributed by atoms with van der Waals surface area (Å²) in [6.07, 6.45) is 0.773. The van der Waals surface area contributed by atoms with Crippen molar-refractivity contribution in [3.8, 4) is 0 Å². The van der Waals surface area contributed by atoms with E-state index < -0.39 is 17.2 Å². The molecule has 1 aromatic rings. The van der Waals surface area contributed by atoms with Crippen LogP contribution in [0.2, 0.25) is 0 Å². The van der Waals surface area contributed by atoms with Crippen molar-refractivity contribution < 1.29 is 9.59 Å². The molecule has 0 unspecified atom stereocenters. The van der Waals surface area contributed by atoms with E-state index >= 15 is 0 Å². The Hall–Kier alpha value is -1.77. The van der Waals surface area contributed by atoms with Crippen LogP contribution in [0.1, 0.15) is 20.3 Å². The van der Waals surface area contributed by atoms with E-state index in [-0.39, 0.29) is 5.69 Å². The van der Waals surface area contributed by atoms with Crippen LogP contribution in [-0.2, 0) is 11.3 Å². The molecule has 0 spiro atoms. The molecular weight excluding hydrogens is 258 g/mol. The number of nitrogens with zero attached hydrogens (tertiary/aromatic N) is 2. The van der Waals surface area contributed by atoms with Gasteiger partial charge in [-0.05, 0) is 13.3 Å². The summed E-state index contributed by atoms with van der Waals surface area (Å²) in [5, 5.41) is 7.95. The normalized spacial score (nSPS) is 12.1.